The second-order valence-corrected chi connectivity index (χ2v) is 27.3. The molecule has 0 aliphatic carbocycles. The summed E-state index contributed by atoms with van der Waals surface area (Å²) in [6, 6.07) is -0.904. The SMILES string of the molecule is CC/C=C\C/C=C\C/C=C\C/C=C\CCCCCCCCCCCCCCCCCCCCCCCCCCCCCCC(=O)NC(COP(=O)([O-])OCC[N+](C)(C)C)C(O)/C=C/CC/C=C/CCCCCCCCCCCCCCCCC. The molecule has 0 aromatic rings. The number of hydrogen-bond donors (Lipinski definition) is 2. The lowest BCUT2D eigenvalue weighted by Crippen LogP contribution is -2.45. The summed E-state index contributed by atoms with van der Waals surface area (Å²) in [5.74, 6) is -0.201. The highest BCUT2D eigenvalue weighted by atomic mass is 31.2. The predicted octanol–water partition coefficient (Wildman–Crippen LogP) is 22.7. The van der Waals surface area contributed by atoms with Gasteiger partial charge in [0.1, 0.15) is 13.2 Å². The van der Waals surface area contributed by atoms with Crippen molar-refractivity contribution in [3.63, 3.8) is 0 Å². The van der Waals surface area contributed by atoms with Crippen LogP contribution in [0.2, 0.25) is 0 Å². The van der Waals surface area contributed by atoms with Crippen LogP contribution in [0.5, 0.6) is 0 Å². The van der Waals surface area contributed by atoms with Crippen LogP contribution in [0.3, 0.4) is 0 Å². The van der Waals surface area contributed by atoms with Gasteiger partial charge in [0, 0.05) is 6.42 Å². The highest BCUT2D eigenvalue weighted by Gasteiger charge is 2.23. The normalized spacial score (nSPS) is 14.0. The van der Waals surface area contributed by atoms with E-state index in [1.807, 2.05) is 27.2 Å². The molecule has 492 valence electrons. The second-order valence-electron chi connectivity index (χ2n) is 25.9. The van der Waals surface area contributed by atoms with E-state index in [4.69, 9.17) is 9.05 Å². The number of quaternary nitrogens is 1. The molecule has 0 aliphatic rings. The molecule has 0 fully saturated rings. The van der Waals surface area contributed by atoms with Gasteiger partial charge in [0.15, 0.2) is 0 Å². The number of phosphoric ester groups is 1. The Morgan fingerprint density at radius 1 is 0.429 bits per heavy atom. The number of carbonyl (C=O) groups excluding carboxylic acids is 1. The van der Waals surface area contributed by atoms with Crippen molar-refractivity contribution >= 4 is 13.7 Å². The number of nitrogens with zero attached hydrogens (tertiary/aromatic N) is 1. The van der Waals surface area contributed by atoms with Crippen LogP contribution >= 0.6 is 7.82 Å². The molecule has 0 saturated carbocycles. The van der Waals surface area contributed by atoms with E-state index in [1.165, 1.54) is 263 Å². The molecule has 0 spiro atoms. The van der Waals surface area contributed by atoms with E-state index in [0.717, 1.165) is 64.2 Å². The molecule has 0 rings (SSSR count). The van der Waals surface area contributed by atoms with E-state index >= 15 is 0 Å². The molecule has 0 aromatic carbocycles. The number of phosphoric acid groups is 1. The minimum absolute atomic E-state index is 0.00555. The van der Waals surface area contributed by atoms with Crippen molar-refractivity contribution in [1.29, 1.82) is 0 Å². The summed E-state index contributed by atoms with van der Waals surface area (Å²) in [5.41, 5.74) is 0. The molecule has 0 bridgehead atoms. The van der Waals surface area contributed by atoms with E-state index in [9.17, 15) is 19.4 Å². The van der Waals surface area contributed by atoms with Crippen molar-refractivity contribution in [3.05, 3.63) is 72.9 Å². The van der Waals surface area contributed by atoms with Gasteiger partial charge in [-0.05, 0) is 70.6 Å². The van der Waals surface area contributed by atoms with E-state index in [1.54, 1.807) is 6.08 Å². The number of rotatable bonds is 67. The van der Waals surface area contributed by atoms with Gasteiger partial charge in [-0.2, -0.15) is 0 Å². The molecule has 9 heteroatoms. The van der Waals surface area contributed by atoms with Crippen LogP contribution in [0.15, 0.2) is 72.9 Å². The van der Waals surface area contributed by atoms with Crippen LogP contribution in [0, 0.1) is 0 Å². The Bertz CT molecular complexity index is 1600. The molecule has 3 unspecified atom stereocenters. The lowest BCUT2D eigenvalue weighted by atomic mass is 10.0. The van der Waals surface area contributed by atoms with Gasteiger partial charge in [-0.3, -0.25) is 9.36 Å². The van der Waals surface area contributed by atoms with Crippen LogP contribution in [0.1, 0.15) is 348 Å². The maximum Gasteiger partial charge on any atom is 0.268 e. The van der Waals surface area contributed by atoms with Crippen LogP contribution in [-0.2, 0) is 18.4 Å². The Labute approximate surface area is 523 Å². The summed E-state index contributed by atoms with van der Waals surface area (Å²) in [6.07, 6.45) is 91.9. The number of aliphatic hydroxyl groups excluding tert-OH is 1. The zero-order chi connectivity index (χ0) is 61.2. The number of nitrogens with one attached hydrogen (secondary N) is 1. The maximum absolute atomic E-state index is 13.0. The number of likely N-dealkylation sites (N-methyl/N-ethyl adjacent to an activating group) is 1. The van der Waals surface area contributed by atoms with Crippen molar-refractivity contribution in [2.45, 2.75) is 360 Å². The molecule has 84 heavy (non-hydrogen) atoms. The third-order valence-corrected chi connectivity index (χ3v) is 17.4. The monoisotopic (exact) mass is 1200 g/mol. The van der Waals surface area contributed by atoms with Gasteiger partial charge >= 0.3 is 0 Å². The van der Waals surface area contributed by atoms with Crippen molar-refractivity contribution in [3.8, 4) is 0 Å². The van der Waals surface area contributed by atoms with Gasteiger partial charge in [0.25, 0.3) is 7.82 Å². The molecule has 0 aromatic heterocycles. The zero-order valence-corrected chi connectivity index (χ0v) is 57.3. The molecule has 2 N–H and O–H groups in total. The number of hydrogen-bond acceptors (Lipinski definition) is 6. The average Bonchev–Trinajstić information content (AvgIpc) is 3.56. The number of amides is 1. The number of allylic oxidation sites excluding steroid dienone is 11. The van der Waals surface area contributed by atoms with E-state index in [0.29, 0.717) is 17.4 Å². The molecule has 0 saturated heterocycles. The Kier molecular flexibility index (Phi) is 63.8. The first-order valence-electron chi connectivity index (χ1n) is 36.3. The Morgan fingerprint density at radius 2 is 0.738 bits per heavy atom. The number of aliphatic hydroxyl groups is 1. The molecular formula is C75H141N2O6P. The van der Waals surface area contributed by atoms with Crippen LogP contribution in [0.4, 0.5) is 0 Å². The van der Waals surface area contributed by atoms with Gasteiger partial charge in [-0.1, -0.05) is 344 Å². The summed E-state index contributed by atoms with van der Waals surface area (Å²) >= 11 is 0. The molecule has 8 nitrogen and oxygen atoms in total. The van der Waals surface area contributed by atoms with Gasteiger partial charge in [-0.15, -0.1) is 0 Å². The highest BCUT2D eigenvalue weighted by molar-refractivity contribution is 7.45. The largest absolute Gasteiger partial charge is 0.756 e. The van der Waals surface area contributed by atoms with Crippen LogP contribution in [0.25, 0.3) is 0 Å². The Hall–Kier alpha value is -2.06. The van der Waals surface area contributed by atoms with E-state index < -0.39 is 26.6 Å². The van der Waals surface area contributed by atoms with Gasteiger partial charge in [0.2, 0.25) is 5.91 Å². The van der Waals surface area contributed by atoms with E-state index in [-0.39, 0.29) is 12.5 Å². The standard InChI is InChI=1S/C75H141N2O6P/c1-6-8-10-12-14-16-18-20-22-24-26-28-29-30-31-32-33-34-35-36-37-38-39-40-41-42-43-44-45-46-47-49-51-53-55-57-59-61-63-65-67-69-75(79)76-73(72-83-84(80,81)82-71-70-77(3,4)5)74(78)68-66-64-62-60-58-56-54-52-50-48-27-25-23-21-19-17-15-13-11-9-7-2/h8,10,14,16,20,22,26,28,58,60,66,68,73-74,78H,6-7,9,11-13,15,17-19,21,23-25,27,29-57,59,61-65,67,69-72H2,1-5H3,(H-,76,79,80,81)/b10-8-,16-14-,22-20-,28-26-,60-58+,68-66+. The van der Waals surface area contributed by atoms with Crippen LogP contribution < -0.4 is 10.2 Å². The van der Waals surface area contributed by atoms with Crippen molar-refractivity contribution in [2.75, 3.05) is 40.9 Å². The first-order valence-corrected chi connectivity index (χ1v) is 37.8. The molecule has 3 atom stereocenters. The first kappa shape index (κ1) is 81.9. The molecule has 0 radical (unpaired) electrons. The summed E-state index contributed by atoms with van der Waals surface area (Å²) in [4.78, 5) is 25.6. The highest BCUT2D eigenvalue weighted by Crippen LogP contribution is 2.38. The number of unbranched alkanes of at least 4 members (excludes halogenated alkanes) is 44. The molecule has 0 aliphatic heterocycles. The smallest absolute Gasteiger partial charge is 0.268 e. The topological polar surface area (TPSA) is 108 Å². The predicted molar refractivity (Wildman–Crippen MR) is 367 cm³/mol. The van der Waals surface area contributed by atoms with E-state index in [2.05, 4.69) is 79.9 Å². The fourth-order valence-corrected chi connectivity index (χ4v) is 11.5. The summed E-state index contributed by atoms with van der Waals surface area (Å²) in [6.45, 7) is 4.56. The van der Waals surface area contributed by atoms with Gasteiger partial charge in [0.05, 0.1) is 39.9 Å². The first-order chi connectivity index (χ1) is 41.0. The van der Waals surface area contributed by atoms with Gasteiger partial charge in [-0.25, -0.2) is 0 Å². The number of carbonyl (C=O) groups is 1. The summed E-state index contributed by atoms with van der Waals surface area (Å²) in [7, 11) is 1.26. The third kappa shape index (κ3) is 67.4. The summed E-state index contributed by atoms with van der Waals surface area (Å²) < 4.78 is 23.4. The van der Waals surface area contributed by atoms with Crippen molar-refractivity contribution in [1.82, 2.24) is 5.32 Å². The fraction of sp³-hybridized carbons (Fsp3) is 0.827. The molecule has 0 heterocycles. The zero-order valence-electron chi connectivity index (χ0n) is 56.4. The third-order valence-electron chi connectivity index (χ3n) is 16.4. The lowest BCUT2D eigenvalue weighted by Gasteiger charge is -2.29. The molecular weight excluding hydrogens is 1060 g/mol. The lowest BCUT2D eigenvalue weighted by molar-refractivity contribution is -0.870. The van der Waals surface area contributed by atoms with Gasteiger partial charge < -0.3 is 28.8 Å². The Morgan fingerprint density at radius 3 is 1.11 bits per heavy atom. The quantitative estimate of drug-likeness (QED) is 0.0272. The van der Waals surface area contributed by atoms with Crippen LogP contribution in [-0.4, -0.2) is 68.5 Å². The minimum atomic E-state index is -4.61. The molecule has 1 amide bonds. The fourth-order valence-electron chi connectivity index (χ4n) is 10.8. The van der Waals surface area contributed by atoms with Crippen molar-refractivity contribution < 1.29 is 32.9 Å². The van der Waals surface area contributed by atoms with Crippen molar-refractivity contribution in [2.24, 2.45) is 0 Å². The maximum atomic E-state index is 13.0. The summed E-state index contributed by atoms with van der Waals surface area (Å²) in [5, 5.41) is 13.9. The minimum Gasteiger partial charge on any atom is -0.756 e. The second kappa shape index (κ2) is 65.4. The Balaban J connectivity index is 3.93. The average molecular weight is 1200 g/mol.